The van der Waals surface area contributed by atoms with Crippen LogP contribution in [0.1, 0.15) is 45.1 Å². The zero-order chi connectivity index (χ0) is 16.9. The minimum Gasteiger partial charge on any atom is -0.349 e. The molecule has 0 aliphatic carbocycles. The fourth-order valence-electron chi connectivity index (χ4n) is 2.81. The number of aromatic amines is 2. The summed E-state index contributed by atoms with van der Waals surface area (Å²) < 4.78 is 0. The Balaban J connectivity index is 0.00000288. The molecule has 2 rings (SSSR count). The molecule has 0 radical (unpaired) electrons. The minimum absolute atomic E-state index is 0. The molecule has 0 unspecified atom stereocenters. The third-order valence-corrected chi connectivity index (χ3v) is 4.60. The van der Waals surface area contributed by atoms with Gasteiger partial charge in [0.15, 0.2) is 0 Å². The number of carbonyl (C=O) groups is 1. The number of hydrogen-bond donors (Lipinski definition) is 4. The zero-order valence-corrected chi connectivity index (χ0v) is 15.1. The fraction of sp³-hybridized carbons (Fsp3) is 0.529. The predicted octanol–water partition coefficient (Wildman–Crippen LogP) is 2.23. The molecule has 1 aromatic heterocycles. The third kappa shape index (κ3) is 4.85. The highest BCUT2D eigenvalue weighted by atomic mass is 35.5. The highest BCUT2D eigenvalue weighted by Crippen LogP contribution is 2.15. The van der Waals surface area contributed by atoms with Gasteiger partial charge in [-0.25, -0.2) is 4.79 Å². The maximum absolute atomic E-state index is 12.1. The molecule has 0 saturated carbocycles. The second-order valence-electron chi connectivity index (χ2n) is 6.05. The summed E-state index contributed by atoms with van der Waals surface area (Å²) in [7, 11) is 0. The smallest absolute Gasteiger partial charge is 0.323 e. The summed E-state index contributed by atoms with van der Waals surface area (Å²) >= 11 is 0. The number of aromatic nitrogens is 2. The Kier molecular flexibility index (Phi) is 7.51. The predicted molar refractivity (Wildman–Crippen MR) is 99.6 cm³/mol. The Bertz CT molecular complexity index is 710. The average Bonchev–Trinajstić information content (AvgIpc) is 2.92. The first-order chi connectivity index (χ1) is 11.0. The number of nitrogens with one attached hydrogen (secondary N) is 3. The first-order valence-corrected chi connectivity index (χ1v) is 8.24. The molecule has 2 aromatic rings. The van der Waals surface area contributed by atoms with Gasteiger partial charge in [-0.1, -0.05) is 19.9 Å². The number of imidazole rings is 1. The lowest BCUT2D eigenvalue weighted by molar-refractivity contribution is -0.123. The van der Waals surface area contributed by atoms with E-state index in [2.05, 4.69) is 15.3 Å². The first kappa shape index (κ1) is 20.3. The van der Waals surface area contributed by atoms with E-state index in [1.165, 1.54) is 0 Å². The average molecular weight is 355 g/mol. The third-order valence-electron chi connectivity index (χ3n) is 4.60. The van der Waals surface area contributed by atoms with Crippen molar-refractivity contribution < 1.29 is 4.79 Å². The topological polar surface area (TPSA) is 104 Å². The van der Waals surface area contributed by atoms with Crippen LogP contribution in [0.4, 0.5) is 0 Å². The number of H-pyrrole nitrogens is 2. The molecular weight excluding hydrogens is 328 g/mol. The number of benzene rings is 1. The van der Waals surface area contributed by atoms with E-state index in [1.807, 2.05) is 32.0 Å². The van der Waals surface area contributed by atoms with E-state index in [9.17, 15) is 9.59 Å². The van der Waals surface area contributed by atoms with E-state index in [0.29, 0.717) is 13.0 Å². The van der Waals surface area contributed by atoms with Gasteiger partial charge in [0.1, 0.15) is 0 Å². The van der Waals surface area contributed by atoms with E-state index < -0.39 is 0 Å². The van der Waals surface area contributed by atoms with Crippen LogP contribution in [-0.2, 0) is 11.2 Å². The Hall–Kier alpha value is -1.79. The van der Waals surface area contributed by atoms with E-state index in [4.69, 9.17) is 5.73 Å². The molecule has 0 aliphatic rings. The van der Waals surface area contributed by atoms with Crippen molar-refractivity contribution in [3.8, 4) is 0 Å². The van der Waals surface area contributed by atoms with E-state index in [0.717, 1.165) is 42.3 Å². The highest BCUT2D eigenvalue weighted by Gasteiger charge is 2.25. The van der Waals surface area contributed by atoms with Crippen LogP contribution >= 0.6 is 12.4 Å². The molecule has 6 nitrogen and oxygen atoms in total. The molecular formula is C17H27ClN4O2. The van der Waals surface area contributed by atoms with Gasteiger partial charge in [-0.15, -0.1) is 12.4 Å². The van der Waals surface area contributed by atoms with Crippen molar-refractivity contribution in [1.29, 1.82) is 0 Å². The maximum Gasteiger partial charge on any atom is 0.323 e. The van der Waals surface area contributed by atoms with Crippen LogP contribution in [0.5, 0.6) is 0 Å². The Morgan fingerprint density at radius 2 is 1.88 bits per heavy atom. The van der Waals surface area contributed by atoms with Crippen molar-refractivity contribution in [3.05, 3.63) is 34.2 Å². The number of nitrogens with two attached hydrogens (primary N) is 1. The molecule has 5 N–H and O–H groups in total. The molecule has 0 fully saturated rings. The highest BCUT2D eigenvalue weighted by molar-refractivity contribution is 5.85. The quantitative estimate of drug-likeness (QED) is 0.584. The summed E-state index contributed by atoms with van der Waals surface area (Å²) in [6.07, 6.45) is 3.71. The standard InChI is InChI=1S/C17H26N4O2.ClH/c1-3-17(4-2,11-18)21-15(22)7-5-6-12-8-9-13-14(10-12)20-16(23)19-13;/h8-10H,3-7,11,18H2,1-2H3,(H,21,22)(H2,19,20,23);1H. The number of halogens is 1. The van der Waals surface area contributed by atoms with Crippen LogP contribution in [0.25, 0.3) is 11.0 Å². The van der Waals surface area contributed by atoms with Gasteiger partial charge in [0.25, 0.3) is 0 Å². The zero-order valence-electron chi connectivity index (χ0n) is 14.3. The minimum atomic E-state index is -0.277. The number of rotatable bonds is 8. The van der Waals surface area contributed by atoms with Gasteiger partial charge in [-0.05, 0) is 43.4 Å². The van der Waals surface area contributed by atoms with E-state index in [1.54, 1.807) is 0 Å². The number of amides is 1. The van der Waals surface area contributed by atoms with Crippen molar-refractivity contribution in [3.63, 3.8) is 0 Å². The van der Waals surface area contributed by atoms with Gasteiger partial charge in [-0.2, -0.15) is 0 Å². The van der Waals surface area contributed by atoms with Crippen LogP contribution in [0.3, 0.4) is 0 Å². The lowest BCUT2D eigenvalue weighted by atomic mass is 9.92. The molecule has 24 heavy (non-hydrogen) atoms. The second-order valence-corrected chi connectivity index (χ2v) is 6.05. The van der Waals surface area contributed by atoms with Gasteiger partial charge in [0.05, 0.1) is 16.6 Å². The molecule has 0 aliphatic heterocycles. The Morgan fingerprint density at radius 3 is 2.50 bits per heavy atom. The first-order valence-electron chi connectivity index (χ1n) is 8.24. The van der Waals surface area contributed by atoms with Crippen molar-refractivity contribution in [1.82, 2.24) is 15.3 Å². The Labute approximate surface area is 148 Å². The Morgan fingerprint density at radius 1 is 1.21 bits per heavy atom. The summed E-state index contributed by atoms with van der Waals surface area (Å²) in [6, 6.07) is 5.82. The normalized spacial score (nSPS) is 11.3. The summed E-state index contributed by atoms with van der Waals surface area (Å²) in [4.78, 5) is 28.8. The molecule has 0 bridgehead atoms. The number of carbonyl (C=O) groups excluding carboxylic acids is 1. The molecule has 134 valence electrons. The molecule has 1 amide bonds. The lowest BCUT2D eigenvalue weighted by Gasteiger charge is -2.31. The molecule has 0 saturated heterocycles. The van der Waals surface area contributed by atoms with Gasteiger partial charge >= 0.3 is 5.69 Å². The van der Waals surface area contributed by atoms with Crippen molar-refractivity contribution in [2.24, 2.45) is 5.73 Å². The number of aryl methyl sites for hydroxylation is 1. The van der Waals surface area contributed by atoms with E-state index >= 15 is 0 Å². The van der Waals surface area contributed by atoms with Crippen LogP contribution < -0.4 is 16.7 Å². The van der Waals surface area contributed by atoms with Crippen LogP contribution in [0.2, 0.25) is 0 Å². The van der Waals surface area contributed by atoms with Gasteiger partial charge < -0.3 is 21.0 Å². The largest absolute Gasteiger partial charge is 0.349 e. The van der Waals surface area contributed by atoms with Crippen molar-refractivity contribution in [2.75, 3.05) is 6.54 Å². The molecule has 1 aromatic carbocycles. The maximum atomic E-state index is 12.1. The van der Waals surface area contributed by atoms with Gasteiger partial charge in [0.2, 0.25) is 5.91 Å². The van der Waals surface area contributed by atoms with Gasteiger partial charge in [0, 0.05) is 13.0 Å². The molecule has 0 spiro atoms. The lowest BCUT2D eigenvalue weighted by Crippen LogP contribution is -2.52. The van der Waals surface area contributed by atoms with Gasteiger partial charge in [-0.3, -0.25) is 4.79 Å². The monoisotopic (exact) mass is 354 g/mol. The van der Waals surface area contributed by atoms with Crippen molar-refractivity contribution in [2.45, 2.75) is 51.5 Å². The van der Waals surface area contributed by atoms with Crippen LogP contribution in [-0.4, -0.2) is 28.0 Å². The fourth-order valence-corrected chi connectivity index (χ4v) is 2.81. The summed E-state index contributed by atoms with van der Waals surface area (Å²) in [5.74, 6) is 0.0512. The summed E-state index contributed by atoms with van der Waals surface area (Å²) in [6.45, 7) is 4.55. The van der Waals surface area contributed by atoms with Crippen molar-refractivity contribution >= 4 is 29.3 Å². The number of hydrogen-bond acceptors (Lipinski definition) is 3. The molecule has 0 atom stereocenters. The summed E-state index contributed by atoms with van der Waals surface area (Å²) in [5, 5.41) is 3.08. The van der Waals surface area contributed by atoms with E-state index in [-0.39, 0.29) is 29.5 Å². The second kappa shape index (κ2) is 8.89. The summed E-state index contributed by atoms with van der Waals surface area (Å²) in [5.41, 5.74) is 8.04. The van der Waals surface area contributed by atoms with Crippen LogP contribution in [0.15, 0.2) is 23.0 Å². The molecule has 7 heteroatoms. The molecule has 1 heterocycles. The van der Waals surface area contributed by atoms with Crippen LogP contribution in [0, 0.1) is 0 Å². The number of fused-ring (bicyclic) bond motifs is 1. The SMILES string of the molecule is CCC(CC)(CN)NC(=O)CCCc1ccc2[nH]c(=O)[nH]c2c1.Cl.